The molecule has 0 unspecified atom stereocenters. The molecule has 0 radical (unpaired) electrons. The number of nitrogens with two attached hydrogens (primary N) is 1. The molecule has 0 aliphatic carbocycles. The van der Waals surface area contributed by atoms with Gasteiger partial charge in [0, 0.05) is 18.4 Å². The Morgan fingerprint density at radius 2 is 2.11 bits per heavy atom. The maximum Gasteiger partial charge on any atom is 0.252 e. The van der Waals surface area contributed by atoms with Gasteiger partial charge in [-0.1, -0.05) is 17.3 Å². The number of hydrogen-bond acceptors (Lipinski definition) is 6. The number of nitrogens with zero attached hydrogens (tertiary/aromatic N) is 2. The van der Waals surface area contributed by atoms with Gasteiger partial charge in [0.15, 0.2) is 0 Å². The standard InChI is InChI=1S/C12H15N3O3/c1-16-6-7-17-8-11-14-12(15-18-11)9-4-2-3-5-10(9)13/h2-5H,6-8,13H2,1H3. The van der Waals surface area contributed by atoms with Crippen LogP contribution in [0, 0.1) is 0 Å². The van der Waals surface area contributed by atoms with Gasteiger partial charge >= 0.3 is 0 Å². The van der Waals surface area contributed by atoms with E-state index in [-0.39, 0.29) is 6.61 Å². The molecule has 1 heterocycles. The first-order chi connectivity index (χ1) is 8.81. The average molecular weight is 249 g/mol. The minimum atomic E-state index is 0.267. The lowest BCUT2D eigenvalue weighted by atomic mass is 10.2. The van der Waals surface area contributed by atoms with Crippen LogP contribution >= 0.6 is 0 Å². The predicted octanol–water partition coefficient (Wildman–Crippen LogP) is 1.48. The molecule has 2 aromatic rings. The Morgan fingerprint density at radius 3 is 2.89 bits per heavy atom. The third-order valence-electron chi connectivity index (χ3n) is 2.33. The summed E-state index contributed by atoms with van der Waals surface area (Å²) in [6, 6.07) is 7.36. The zero-order valence-corrected chi connectivity index (χ0v) is 10.1. The number of hydrogen-bond donors (Lipinski definition) is 1. The highest BCUT2D eigenvalue weighted by Crippen LogP contribution is 2.22. The van der Waals surface area contributed by atoms with Crippen molar-refractivity contribution in [1.29, 1.82) is 0 Å². The van der Waals surface area contributed by atoms with Crippen molar-refractivity contribution in [3.05, 3.63) is 30.2 Å². The second-order valence-electron chi connectivity index (χ2n) is 3.64. The number of benzene rings is 1. The topological polar surface area (TPSA) is 83.4 Å². The van der Waals surface area contributed by atoms with Gasteiger partial charge in [0.25, 0.3) is 5.89 Å². The van der Waals surface area contributed by atoms with Gasteiger partial charge in [0.05, 0.1) is 13.2 Å². The van der Waals surface area contributed by atoms with Crippen molar-refractivity contribution in [3.8, 4) is 11.4 Å². The number of anilines is 1. The van der Waals surface area contributed by atoms with E-state index in [1.807, 2.05) is 18.2 Å². The Hall–Kier alpha value is -1.92. The highest BCUT2D eigenvalue weighted by atomic mass is 16.5. The molecule has 6 heteroatoms. The predicted molar refractivity (Wildman–Crippen MR) is 65.7 cm³/mol. The van der Waals surface area contributed by atoms with E-state index in [9.17, 15) is 0 Å². The lowest BCUT2D eigenvalue weighted by Crippen LogP contribution is -2.01. The van der Waals surface area contributed by atoms with Gasteiger partial charge in [0.2, 0.25) is 5.82 Å². The van der Waals surface area contributed by atoms with Crippen LogP contribution in [0.1, 0.15) is 5.89 Å². The van der Waals surface area contributed by atoms with E-state index in [2.05, 4.69) is 10.1 Å². The van der Waals surface area contributed by atoms with E-state index in [1.54, 1.807) is 13.2 Å². The van der Waals surface area contributed by atoms with Gasteiger partial charge in [-0.25, -0.2) is 0 Å². The quantitative estimate of drug-likeness (QED) is 0.616. The molecule has 0 aliphatic heterocycles. The molecule has 1 aromatic carbocycles. The molecule has 0 spiro atoms. The lowest BCUT2D eigenvalue weighted by molar-refractivity contribution is 0.0494. The fourth-order valence-electron chi connectivity index (χ4n) is 1.43. The molecule has 0 bridgehead atoms. The van der Waals surface area contributed by atoms with E-state index < -0.39 is 0 Å². The Balaban J connectivity index is 2.00. The van der Waals surface area contributed by atoms with Crippen LogP contribution in [0.4, 0.5) is 5.69 Å². The van der Waals surface area contributed by atoms with Gasteiger partial charge in [-0.3, -0.25) is 0 Å². The van der Waals surface area contributed by atoms with Crippen molar-refractivity contribution in [2.24, 2.45) is 0 Å². The molecular weight excluding hydrogens is 234 g/mol. The van der Waals surface area contributed by atoms with Crippen molar-refractivity contribution in [2.45, 2.75) is 6.61 Å². The summed E-state index contributed by atoms with van der Waals surface area (Å²) in [6.07, 6.45) is 0. The minimum Gasteiger partial charge on any atom is -0.398 e. The largest absolute Gasteiger partial charge is 0.398 e. The Morgan fingerprint density at radius 1 is 1.28 bits per heavy atom. The molecule has 6 nitrogen and oxygen atoms in total. The summed E-state index contributed by atoms with van der Waals surface area (Å²) in [5.74, 6) is 0.891. The second-order valence-corrected chi connectivity index (χ2v) is 3.64. The lowest BCUT2D eigenvalue weighted by Gasteiger charge is -1.99. The van der Waals surface area contributed by atoms with Crippen molar-refractivity contribution < 1.29 is 14.0 Å². The smallest absolute Gasteiger partial charge is 0.252 e. The van der Waals surface area contributed by atoms with Crippen LogP contribution in [0.3, 0.4) is 0 Å². The zero-order chi connectivity index (χ0) is 12.8. The van der Waals surface area contributed by atoms with Crippen LogP contribution in [0.25, 0.3) is 11.4 Å². The van der Waals surface area contributed by atoms with Crippen molar-refractivity contribution in [3.63, 3.8) is 0 Å². The Bertz CT molecular complexity index is 499. The average Bonchev–Trinajstić information content (AvgIpc) is 2.84. The van der Waals surface area contributed by atoms with Gasteiger partial charge in [0.1, 0.15) is 6.61 Å². The van der Waals surface area contributed by atoms with Crippen molar-refractivity contribution >= 4 is 5.69 Å². The van der Waals surface area contributed by atoms with E-state index in [4.69, 9.17) is 19.7 Å². The van der Waals surface area contributed by atoms with Crippen LogP contribution in [0.5, 0.6) is 0 Å². The van der Waals surface area contributed by atoms with Crippen LogP contribution in [-0.2, 0) is 16.1 Å². The Kier molecular flexibility index (Phi) is 4.27. The van der Waals surface area contributed by atoms with Crippen LogP contribution < -0.4 is 5.73 Å². The first kappa shape index (κ1) is 12.5. The minimum absolute atomic E-state index is 0.267. The molecule has 0 aliphatic rings. The SMILES string of the molecule is COCCOCc1nc(-c2ccccc2N)no1. The maximum absolute atomic E-state index is 5.83. The van der Waals surface area contributed by atoms with Crippen LogP contribution in [0.15, 0.2) is 28.8 Å². The molecule has 0 saturated carbocycles. The molecule has 96 valence electrons. The highest BCUT2D eigenvalue weighted by Gasteiger charge is 2.10. The maximum atomic E-state index is 5.83. The van der Waals surface area contributed by atoms with E-state index >= 15 is 0 Å². The van der Waals surface area contributed by atoms with Crippen molar-refractivity contribution in [2.75, 3.05) is 26.1 Å². The van der Waals surface area contributed by atoms with Gasteiger partial charge < -0.3 is 19.7 Å². The van der Waals surface area contributed by atoms with Gasteiger partial charge in [-0.05, 0) is 12.1 Å². The molecule has 0 amide bonds. The number of ether oxygens (including phenoxy) is 2. The molecular formula is C12H15N3O3. The highest BCUT2D eigenvalue weighted by molar-refractivity contribution is 5.70. The normalized spacial score (nSPS) is 10.7. The number of para-hydroxylation sites is 1. The number of nitrogen functional groups attached to an aromatic ring is 1. The zero-order valence-electron chi connectivity index (χ0n) is 10.1. The van der Waals surface area contributed by atoms with Gasteiger partial charge in [-0.15, -0.1) is 0 Å². The molecule has 2 rings (SSSR count). The fourth-order valence-corrected chi connectivity index (χ4v) is 1.43. The third kappa shape index (κ3) is 3.06. The summed E-state index contributed by atoms with van der Waals surface area (Å²) >= 11 is 0. The molecule has 0 saturated heterocycles. The monoisotopic (exact) mass is 249 g/mol. The number of methoxy groups -OCH3 is 1. The first-order valence-corrected chi connectivity index (χ1v) is 5.55. The molecule has 18 heavy (non-hydrogen) atoms. The third-order valence-corrected chi connectivity index (χ3v) is 2.33. The van der Waals surface area contributed by atoms with E-state index in [1.165, 1.54) is 0 Å². The molecule has 1 aromatic heterocycles. The molecule has 2 N–H and O–H groups in total. The summed E-state index contributed by atoms with van der Waals surface area (Å²) in [5, 5.41) is 3.87. The molecule has 0 atom stereocenters. The summed E-state index contributed by atoms with van der Waals surface area (Å²) < 4.78 is 15.2. The van der Waals surface area contributed by atoms with E-state index in [0.717, 1.165) is 5.56 Å². The summed E-state index contributed by atoms with van der Waals surface area (Å²) in [6.45, 7) is 1.29. The number of aromatic nitrogens is 2. The summed E-state index contributed by atoms with van der Waals surface area (Å²) in [4.78, 5) is 4.22. The van der Waals surface area contributed by atoms with Crippen LogP contribution in [0.2, 0.25) is 0 Å². The van der Waals surface area contributed by atoms with E-state index in [0.29, 0.717) is 30.6 Å². The Labute approximate surface area is 105 Å². The summed E-state index contributed by atoms with van der Waals surface area (Å²) in [5.41, 5.74) is 7.20. The summed E-state index contributed by atoms with van der Waals surface area (Å²) in [7, 11) is 1.62. The fraction of sp³-hybridized carbons (Fsp3) is 0.333. The second kappa shape index (κ2) is 6.13. The van der Waals surface area contributed by atoms with Crippen molar-refractivity contribution in [1.82, 2.24) is 10.1 Å². The first-order valence-electron chi connectivity index (χ1n) is 5.55. The van der Waals surface area contributed by atoms with Gasteiger partial charge in [-0.2, -0.15) is 4.98 Å². The molecule has 0 fully saturated rings. The number of rotatable bonds is 6. The van der Waals surface area contributed by atoms with Crippen LogP contribution in [-0.4, -0.2) is 30.5 Å².